The maximum absolute atomic E-state index is 11.2. The molecule has 0 atom stereocenters. The van der Waals surface area contributed by atoms with E-state index in [2.05, 4.69) is 20.3 Å². The van der Waals surface area contributed by atoms with Gasteiger partial charge in [-0.3, -0.25) is 4.79 Å². The highest BCUT2D eigenvalue weighted by atomic mass is 35.5. The van der Waals surface area contributed by atoms with Gasteiger partial charge >= 0.3 is 5.82 Å². The van der Waals surface area contributed by atoms with Gasteiger partial charge in [0.1, 0.15) is 11.9 Å². The lowest BCUT2D eigenvalue weighted by molar-refractivity contribution is -0.391. The fourth-order valence-electron chi connectivity index (χ4n) is 1.81. The highest BCUT2D eigenvalue weighted by molar-refractivity contribution is 6.67. The van der Waals surface area contributed by atoms with E-state index in [1.165, 1.54) is 28.3 Å². The Balaban J connectivity index is 2.23. The van der Waals surface area contributed by atoms with E-state index in [-0.39, 0.29) is 23.2 Å². The van der Waals surface area contributed by atoms with Crippen LogP contribution in [-0.4, -0.2) is 39.5 Å². The summed E-state index contributed by atoms with van der Waals surface area (Å²) < 4.78 is 2.50. The molecule has 3 heterocycles. The van der Waals surface area contributed by atoms with E-state index in [1.807, 2.05) is 0 Å². The number of nitro groups is 1. The molecule has 0 bridgehead atoms. The second-order valence-electron chi connectivity index (χ2n) is 4.04. The fraction of sp³-hybridized carbons (Fsp3) is 0.100. The standard InChI is InChI=1S/C10H6ClN7O3/c1-16-7(18(20)21)4-12-9(16)10-14-13-6-3-2-5(8(11)19)15-17(6)10/h2-4H,1H3. The molecule has 0 saturated carbocycles. The summed E-state index contributed by atoms with van der Waals surface area (Å²) in [6.45, 7) is 0. The summed E-state index contributed by atoms with van der Waals surface area (Å²) in [5.41, 5.74) is 0.367. The Labute approximate surface area is 121 Å². The maximum Gasteiger partial charge on any atom is 0.343 e. The van der Waals surface area contributed by atoms with Crippen LogP contribution in [0.5, 0.6) is 0 Å². The van der Waals surface area contributed by atoms with E-state index in [4.69, 9.17) is 11.6 Å². The van der Waals surface area contributed by atoms with Crippen LogP contribution in [0.15, 0.2) is 18.3 Å². The average Bonchev–Trinajstić information content (AvgIpc) is 3.01. The van der Waals surface area contributed by atoms with Crippen LogP contribution in [0.2, 0.25) is 0 Å². The van der Waals surface area contributed by atoms with Crippen molar-refractivity contribution in [2.45, 2.75) is 0 Å². The number of hydrogen-bond acceptors (Lipinski definition) is 7. The highest BCUT2D eigenvalue weighted by Crippen LogP contribution is 2.21. The smallest absolute Gasteiger partial charge is 0.343 e. The number of nitrogens with zero attached hydrogens (tertiary/aromatic N) is 7. The Kier molecular flexibility index (Phi) is 2.87. The number of carbonyl (C=O) groups excluding carboxylic acids is 1. The van der Waals surface area contributed by atoms with Gasteiger partial charge in [-0.2, -0.15) is 9.61 Å². The third-order valence-electron chi connectivity index (χ3n) is 2.81. The van der Waals surface area contributed by atoms with Crippen molar-refractivity contribution >= 4 is 28.3 Å². The van der Waals surface area contributed by atoms with Crippen molar-refractivity contribution < 1.29 is 9.72 Å². The molecule has 0 unspecified atom stereocenters. The van der Waals surface area contributed by atoms with Crippen LogP contribution in [0.1, 0.15) is 10.5 Å². The molecule has 0 aliphatic rings. The Morgan fingerprint density at radius 2 is 2.10 bits per heavy atom. The molecule has 10 nitrogen and oxygen atoms in total. The second kappa shape index (κ2) is 4.59. The summed E-state index contributed by atoms with van der Waals surface area (Å²) in [4.78, 5) is 25.4. The summed E-state index contributed by atoms with van der Waals surface area (Å²) in [7, 11) is 1.47. The molecule has 0 radical (unpaired) electrons. The van der Waals surface area contributed by atoms with Gasteiger partial charge in [-0.1, -0.05) is 0 Å². The summed E-state index contributed by atoms with van der Waals surface area (Å²) >= 11 is 5.38. The number of fused-ring (bicyclic) bond motifs is 1. The minimum absolute atomic E-state index is 0.00826. The van der Waals surface area contributed by atoms with E-state index in [1.54, 1.807) is 0 Å². The van der Waals surface area contributed by atoms with Crippen molar-refractivity contribution in [3.63, 3.8) is 0 Å². The molecular weight excluding hydrogens is 302 g/mol. The van der Waals surface area contributed by atoms with Crippen LogP contribution in [0.4, 0.5) is 5.82 Å². The first-order chi connectivity index (χ1) is 9.99. The van der Waals surface area contributed by atoms with Crippen LogP contribution in [0, 0.1) is 10.1 Å². The lowest BCUT2D eigenvalue weighted by atomic mass is 10.4. The van der Waals surface area contributed by atoms with Crippen LogP contribution in [0.3, 0.4) is 0 Å². The van der Waals surface area contributed by atoms with Crippen LogP contribution in [-0.2, 0) is 7.05 Å². The summed E-state index contributed by atoms with van der Waals surface area (Å²) in [6.07, 6.45) is 1.10. The number of hydrogen-bond donors (Lipinski definition) is 0. The third-order valence-corrected chi connectivity index (χ3v) is 3.01. The van der Waals surface area contributed by atoms with E-state index in [0.717, 1.165) is 6.20 Å². The lowest BCUT2D eigenvalue weighted by Gasteiger charge is -1.98. The average molecular weight is 308 g/mol. The quantitative estimate of drug-likeness (QED) is 0.398. The number of rotatable bonds is 3. The summed E-state index contributed by atoms with van der Waals surface area (Å²) in [5, 5.41) is 21.8. The van der Waals surface area contributed by atoms with Crippen molar-refractivity contribution in [3.05, 3.63) is 34.1 Å². The third kappa shape index (κ3) is 2.01. The van der Waals surface area contributed by atoms with Crippen molar-refractivity contribution in [1.29, 1.82) is 0 Å². The van der Waals surface area contributed by atoms with Crippen molar-refractivity contribution in [1.82, 2.24) is 29.4 Å². The monoisotopic (exact) mass is 307 g/mol. The van der Waals surface area contributed by atoms with Gasteiger partial charge in [-0.25, -0.2) is 9.55 Å². The number of aromatic nitrogens is 6. The topological polar surface area (TPSA) is 121 Å². The van der Waals surface area contributed by atoms with Gasteiger partial charge in [-0.05, 0) is 28.7 Å². The fourth-order valence-corrected chi connectivity index (χ4v) is 1.91. The highest BCUT2D eigenvalue weighted by Gasteiger charge is 2.23. The van der Waals surface area contributed by atoms with Gasteiger partial charge in [0, 0.05) is 0 Å². The Bertz CT molecular complexity index is 884. The summed E-state index contributed by atoms with van der Waals surface area (Å²) in [6, 6.07) is 2.92. The molecule has 0 fully saturated rings. The Morgan fingerprint density at radius 1 is 1.33 bits per heavy atom. The molecule has 106 valence electrons. The van der Waals surface area contributed by atoms with Gasteiger partial charge < -0.3 is 10.1 Å². The molecule has 0 aromatic carbocycles. The predicted octanol–water partition coefficient (Wildman–Crippen LogP) is 0.812. The molecule has 3 aromatic heterocycles. The Hall–Kier alpha value is -2.88. The predicted molar refractivity (Wildman–Crippen MR) is 69.8 cm³/mol. The van der Waals surface area contributed by atoms with Gasteiger partial charge in [0.2, 0.25) is 5.82 Å². The maximum atomic E-state index is 11.2. The molecule has 3 rings (SSSR count). The van der Waals surface area contributed by atoms with Crippen molar-refractivity contribution in [2.75, 3.05) is 0 Å². The number of carbonyl (C=O) groups is 1. The zero-order valence-corrected chi connectivity index (χ0v) is 11.2. The normalized spacial score (nSPS) is 11.0. The molecule has 21 heavy (non-hydrogen) atoms. The molecule has 0 amide bonds. The van der Waals surface area contributed by atoms with Crippen LogP contribution >= 0.6 is 11.6 Å². The molecule has 0 aliphatic heterocycles. The first-order valence-corrected chi connectivity index (χ1v) is 5.95. The van der Waals surface area contributed by atoms with Crippen molar-refractivity contribution in [2.24, 2.45) is 7.05 Å². The van der Waals surface area contributed by atoms with E-state index >= 15 is 0 Å². The van der Waals surface area contributed by atoms with E-state index < -0.39 is 10.2 Å². The van der Waals surface area contributed by atoms with E-state index in [9.17, 15) is 14.9 Å². The largest absolute Gasteiger partial charge is 0.358 e. The minimum atomic E-state index is -0.734. The second-order valence-corrected chi connectivity index (χ2v) is 4.39. The van der Waals surface area contributed by atoms with Crippen LogP contribution in [0.25, 0.3) is 17.3 Å². The lowest BCUT2D eigenvalue weighted by Crippen LogP contribution is -2.05. The first-order valence-electron chi connectivity index (χ1n) is 5.58. The Morgan fingerprint density at radius 3 is 2.71 bits per heavy atom. The molecule has 3 aromatic rings. The molecule has 0 saturated heterocycles. The van der Waals surface area contributed by atoms with Gasteiger partial charge in [0.05, 0.1) is 7.05 Å². The molecule has 0 spiro atoms. The molecular formula is C10H6ClN7O3. The van der Waals surface area contributed by atoms with Gasteiger partial charge in [0.15, 0.2) is 5.65 Å². The van der Waals surface area contributed by atoms with E-state index in [0.29, 0.717) is 5.65 Å². The number of imidazole rings is 1. The van der Waals surface area contributed by atoms with Crippen molar-refractivity contribution in [3.8, 4) is 11.6 Å². The summed E-state index contributed by atoms with van der Waals surface area (Å²) in [5.74, 6) is 0.160. The molecule has 0 N–H and O–H groups in total. The zero-order valence-electron chi connectivity index (χ0n) is 10.5. The van der Waals surface area contributed by atoms with Gasteiger partial charge in [0.25, 0.3) is 11.1 Å². The first kappa shape index (κ1) is 13.1. The minimum Gasteiger partial charge on any atom is -0.358 e. The van der Waals surface area contributed by atoms with Gasteiger partial charge in [-0.15, -0.1) is 10.2 Å². The molecule has 11 heteroatoms. The zero-order chi connectivity index (χ0) is 15.1. The SMILES string of the molecule is Cn1c([N+](=O)[O-])cnc1-c1nnc2ccc(C(=O)Cl)nn12. The number of halogens is 1. The van der Waals surface area contributed by atoms with Crippen LogP contribution < -0.4 is 0 Å². The molecule has 0 aliphatic carbocycles.